The summed E-state index contributed by atoms with van der Waals surface area (Å²) in [6, 6.07) is 10.3. The van der Waals surface area contributed by atoms with Crippen molar-refractivity contribution in [2.75, 3.05) is 12.4 Å². The van der Waals surface area contributed by atoms with E-state index >= 15 is 0 Å². The molecular weight excluding hydrogens is 218 g/mol. The molecule has 0 heterocycles. The van der Waals surface area contributed by atoms with Gasteiger partial charge in [-0.2, -0.15) is 0 Å². The van der Waals surface area contributed by atoms with E-state index in [4.69, 9.17) is 11.6 Å². The average molecular weight is 238 g/mol. The molecule has 1 aromatic carbocycles. The zero-order chi connectivity index (χ0) is 11.5. The van der Waals surface area contributed by atoms with Gasteiger partial charge in [-0.05, 0) is 30.7 Å². The lowest BCUT2D eigenvalue weighted by Crippen LogP contribution is -2.06. The van der Waals surface area contributed by atoms with E-state index in [0.29, 0.717) is 0 Å². The Labute approximate surface area is 104 Å². The molecule has 0 saturated carbocycles. The molecule has 0 radical (unpaired) electrons. The minimum absolute atomic E-state index is 0.793. The summed E-state index contributed by atoms with van der Waals surface area (Å²) in [5.74, 6) is 0.793. The predicted octanol–water partition coefficient (Wildman–Crippen LogP) is 4.05. The molecule has 0 amide bonds. The average Bonchev–Trinajstić information content (AvgIpc) is 2.34. The summed E-state index contributed by atoms with van der Waals surface area (Å²) in [6.07, 6.45) is 8.99. The molecule has 1 rings (SSSR count). The summed E-state index contributed by atoms with van der Waals surface area (Å²) in [5, 5.41) is 3.30. The zero-order valence-electron chi connectivity index (χ0n) is 9.66. The minimum atomic E-state index is 0.793. The Hall–Kier alpha value is -0.950. The van der Waals surface area contributed by atoms with Gasteiger partial charge in [0.1, 0.15) is 0 Å². The third-order valence-electron chi connectivity index (χ3n) is 2.40. The van der Waals surface area contributed by atoms with Crippen molar-refractivity contribution >= 4 is 17.7 Å². The standard InChI is InChI=1S/C14H20ClN/c15-11-6-1-2-7-12-16-13-10-14-8-4-3-5-9-14/h3-5,8-10,13,16H,1-2,6-7,11-12H2. The Kier molecular flexibility index (Phi) is 7.61. The van der Waals surface area contributed by atoms with Gasteiger partial charge in [0, 0.05) is 12.4 Å². The highest BCUT2D eigenvalue weighted by Crippen LogP contribution is 2.01. The fraction of sp³-hybridized carbons (Fsp3) is 0.429. The smallest absolute Gasteiger partial charge is 0.0223 e. The van der Waals surface area contributed by atoms with Gasteiger partial charge in [0.25, 0.3) is 0 Å². The van der Waals surface area contributed by atoms with Crippen molar-refractivity contribution in [3.63, 3.8) is 0 Å². The van der Waals surface area contributed by atoms with Crippen molar-refractivity contribution in [2.45, 2.75) is 25.7 Å². The first-order valence-corrected chi connectivity index (χ1v) is 6.48. The number of unbranched alkanes of at least 4 members (excludes halogenated alkanes) is 3. The fourth-order valence-corrected chi connectivity index (χ4v) is 1.67. The molecule has 0 aromatic heterocycles. The van der Waals surface area contributed by atoms with E-state index in [1.165, 1.54) is 24.8 Å². The van der Waals surface area contributed by atoms with Crippen LogP contribution in [-0.4, -0.2) is 12.4 Å². The Morgan fingerprint density at radius 3 is 2.50 bits per heavy atom. The molecule has 0 spiro atoms. The third-order valence-corrected chi connectivity index (χ3v) is 2.67. The zero-order valence-corrected chi connectivity index (χ0v) is 10.4. The van der Waals surface area contributed by atoms with Crippen molar-refractivity contribution < 1.29 is 0 Å². The van der Waals surface area contributed by atoms with Gasteiger partial charge in [-0.3, -0.25) is 0 Å². The van der Waals surface area contributed by atoms with Crippen LogP contribution in [0.3, 0.4) is 0 Å². The van der Waals surface area contributed by atoms with Gasteiger partial charge in [0.05, 0.1) is 0 Å². The molecule has 0 fully saturated rings. The Balaban J connectivity index is 2.01. The van der Waals surface area contributed by atoms with Crippen molar-refractivity contribution in [1.82, 2.24) is 5.32 Å². The lowest BCUT2D eigenvalue weighted by atomic mass is 10.2. The fourth-order valence-electron chi connectivity index (χ4n) is 1.48. The molecule has 2 heteroatoms. The minimum Gasteiger partial charge on any atom is -0.391 e. The van der Waals surface area contributed by atoms with Crippen LogP contribution < -0.4 is 5.32 Å². The molecule has 88 valence electrons. The van der Waals surface area contributed by atoms with Gasteiger partial charge in [0.2, 0.25) is 0 Å². The third kappa shape index (κ3) is 6.52. The highest BCUT2D eigenvalue weighted by atomic mass is 35.5. The maximum Gasteiger partial charge on any atom is 0.0223 e. The second-order valence-electron chi connectivity index (χ2n) is 3.80. The van der Waals surface area contributed by atoms with E-state index in [0.717, 1.165) is 18.8 Å². The summed E-state index contributed by atoms with van der Waals surface area (Å²) in [5.41, 5.74) is 1.23. The van der Waals surface area contributed by atoms with E-state index < -0.39 is 0 Å². The number of alkyl halides is 1. The van der Waals surface area contributed by atoms with Crippen LogP contribution in [0.4, 0.5) is 0 Å². The van der Waals surface area contributed by atoms with E-state index in [1.807, 2.05) is 24.4 Å². The van der Waals surface area contributed by atoms with Crippen LogP contribution in [0, 0.1) is 0 Å². The first-order chi connectivity index (χ1) is 7.93. The molecule has 0 saturated heterocycles. The van der Waals surface area contributed by atoms with Crippen molar-refractivity contribution in [2.24, 2.45) is 0 Å². The van der Waals surface area contributed by atoms with E-state index in [2.05, 4.69) is 23.5 Å². The molecule has 0 unspecified atom stereocenters. The van der Waals surface area contributed by atoms with Gasteiger partial charge >= 0.3 is 0 Å². The number of benzene rings is 1. The lowest BCUT2D eigenvalue weighted by Gasteiger charge is -2.00. The highest BCUT2D eigenvalue weighted by Gasteiger charge is 1.87. The van der Waals surface area contributed by atoms with E-state index in [-0.39, 0.29) is 0 Å². The Morgan fingerprint density at radius 1 is 1.00 bits per heavy atom. The van der Waals surface area contributed by atoms with Crippen molar-refractivity contribution in [3.8, 4) is 0 Å². The number of halogens is 1. The number of rotatable bonds is 8. The second-order valence-corrected chi connectivity index (χ2v) is 4.18. The van der Waals surface area contributed by atoms with Crippen LogP contribution in [-0.2, 0) is 0 Å². The highest BCUT2D eigenvalue weighted by molar-refractivity contribution is 6.17. The Morgan fingerprint density at radius 2 is 1.75 bits per heavy atom. The van der Waals surface area contributed by atoms with Crippen LogP contribution in [0.2, 0.25) is 0 Å². The maximum absolute atomic E-state index is 5.61. The second kappa shape index (κ2) is 9.29. The molecule has 1 aromatic rings. The van der Waals surface area contributed by atoms with Crippen LogP contribution >= 0.6 is 11.6 Å². The summed E-state index contributed by atoms with van der Waals surface area (Å²) >= 11 is 5.61. The molecule has 1 N–H and O–H groups in total. The molecule has 0 aliphatic heterocycles. The van der Waals surface area contributed by atoms with E-state index in [1.54, 1.807) is 0 Å². The van der Waals surface area contributed by atoms with E-state index in [9.17, 15) is 0 Å². The normalized spacial score (nSPS) is 10.8. The van der Waals surface area contributed by atoms with Crippen LogP contribution in [0.25, 0.3) is 6.08 Å². The summed E-state index contributed by atoms with van der Waals surface area (Å²) in [7, 11) is 0. The maximum atomic E-state index is 5.61. The monoisotopic (exact) mass is 237 g/mol. The number of hydrogen-bond donors (Lipinski definition) is 1. The molecule has 0 bridgehead atoms. The Bertz CT molecular complexity index is 282. The summed E-state index contributed by atoms with van der Waals surface area (Å²) in [4.78, 5) is 0. The van der Waals surface area contributed by atoms with Gasteiger partial charge in [-0.1, -0.05) is 43.2 Å². The predicted molar refractivity (Wildman–Crippen MR) is 72.7 cm³/mol. The van der Waals surface area contributed by atoms with Gasteiger partial charge < -0.3 is 5.32 Å². The molecule has 0 aliphatic rings. The van der Waals surface area contributed by atoms with Crippen LogP contribution in [0.1, 0.15) is 31.2 Å². The largest absolute Gasteiger partial charge is 0.391 e. The summed E-state index contributed by atoms with van der Waals surface area (Å²) < 4.78 is 0. The van der Waals surface area contributed by atoms with Gasteiger partial charge in [-0.25, -0.2) is 0 Å². The molecular formula is C14H20ClN. The molecule has 0 atom stereocenters. The van der Waals surface area contributed by atoms with Crippen LogP contribution in [0.15, 0.2) is 36.5 Å². The van der Waals surface area contributed by atoms with Crippen LogP contribution in [0.5, 0.6) is 0 Å². The SMILES string of the molecule is ClCCCCCCNC=Cc1ccccc1. The lowest BCUT2D eigenvalue weighted by molar-refractivity contribution is 0.648. The summed E-state index contributed by atoms with van der Waals surface area (Å²) in [6.45, 7) is 1.05. The van der Waals surface area contributed by atoms with Gasteiger partial charge in [-0.15, -0.1) is 11.6 Å². The molecule has 16 heavy (non-hydrogen) atoms. The topological polar surface area (TPSA) is 12.0 Å². The van der Waals surface area contributed by atoms with Crippen molar-refractivity contribution in [1.29, 1.82) is 0 Å². The number of nitrogens with one attached hydrogen (secondary N) is 1. The molecule has 0 aliphatic carbocycles. The number of hydrogen-bond acceptors (Lipinski definition) is 1. The first-order valence-electron chi connectivity index (χ1n) is 5.94. The molecule has 1 nitrogen and oxygen atoms in total. The van der Waals surface area contributed by atoms with Gasteiger partial charge in [0.15, 0.2) is 0 Å². The quantitative estimate of drug-likeness (QED) is 0.532. The first kappa shape index (κ1) is 13.1. The van der Waals surface area contributed by atoms with Crippen molar-refractivity contribution in [3.05, 3.63) is 42.1 Å².